The van der Waals surface area contributed by atoms with E-state index in [0.29, 0.717) is 11.3 Å². The van der Waals surface area contributed by atoms with Gasteiger partial charge in [0.2, 0.25) is 0 Å². The second kappa shape index (κ2) is 14.3. The number of carbonyl (C=O) groups is 1. The third-order valence-electron chi connectivity index (χ3n) is 8.93. The van der Waals surface area contributed by atoms with Crippen molar-refractivity contribution in [1.29, 1.82) is 0 Å². The molecular weight excluding hydrogens is 482 g/mol. The van der Waals surface area contributed by atoms with Crippen molar-refractivity contribution in [3.05, 3.63) is 52.3 Å². The van der Waals surface area contributed by atoms with Crippen LogP contribution in [-0.4, -0.2) is 16.6 Å². The highest BCUT2D eigenvalue weighted by molar-refractivity contribution is 5.91. The molecule has 0 amide bonds. The van der Waals surface area contributed by atoms with Gasteiger partial charge in [0.1, 0.15) is 17.1 Å². The number of pyridine rings is 1. The second-order valence-corrected chi connectivity index (χ2v) is 13.1. The van der Waals surface area contributed by atoms with Crippen LogP contribution in [0.2, 0.25) is 0 Å². The Morgan fingerprint density at radius 3 is 2.21 bits per heavy atom. The molecule has 0 unspecified atom stereocenters. The maximum atomic E-state index is 12.7. The highest BCUT2D eigenvalue weighted by Crippen LogP contribution is 2.45. The summed E-state index contributed by atoms with van der Waals surface area (Å²) in [7, 11) is 0. The lowest BCUT2D eigenvalue weighted by molar-refractivity contribution is 0.0508. The Bertz CT molecular complexity index is 1080. The van der Waals surface area contributed by atoms with Crippen molar-refractivity contribution in [2.45, 2.75) is 132 Å². The number of rotatable bonds is 14. The largest absolute Gasteiger partial charge is 0.487 e. The van der Waals surface area contributed by atoms with E-state index in [4.69, 9.17) is 9.47 Å². The van der Waals surface area contributed by atoms with Gasteiger partial charge in [-0.05, 0) is 100.0 Å². The van der Waals surface area contributed by atoms with Crippen LogP contribution in [0.4, 0.5) is 0 Å². The van der Waals surface area contributed by atoms with Gasteiger partial charge in [0, 0.05) is 18.0 Å². The highest BCUT2D eigenvalue weighted by atomic mass is 16.5. The van der Waals surface area contributed by atoms with Gasteiger partial charge in [-0.15, -0.1) is 0 Å². The number of hydrogen-bond donors (Lipinski definition) is 0. The maximum absolute atomic E-state index is 12.7. The monoisotopic (exact) mass is 535 g/mol. The molecule has 3 rings (SSSR count). The summed E-state index contributed by atoms with van der Waals surface area (Å²) in [5, 5.41) is 0. The zero-order valence-electron chi connectivity index (χ0n) is 26.0. The lowest BCUT2D eigenvalue weighted by atomic mass is 9.83. The first-order valence-electron chi connectivity index (χ1n) is 15.4. The Labute approximate surface area is 238 Å². The lowest BCUT2D eigenvalue weighted by Gasteiger charge is -2.38. The van der Waals surface area contributed by atoms with Crippen molar-refractivity contribution >= 4 is 5.97 Å². The molecule has 0 bridgehead atoms. The first-order valence-corrected chi connectivity index (χ1v) is 15.4. The van der Waals surface area contributed by atoms with Gasteiger partial charge in [-0.25, -0.2) is 4.79 Å². The third kappa shape index (κ3) is 8.82. The minimum Gasteiger partial charge on any atom is -0.487 e. The van der Waals surface area contributed by atoms with Crippen molar-refractivity contribution in [2.75, 3.05) is 0 Å². The van der Waals surface area contributed by atoms with Gasteiger partial charge in [-0.1, -0.05) is 72.6 Å². The maximum Gasteiger partial charge on any atom is 0.345 e. The average Bonchev–Trinajstić information content (AvgIpc) is 2.90. The van der Waals surface area contributed by atoms with Gasteiger partial charge in [-0.2, -0.15) is 0 Å². The van der Waals surface area contributed by atoms with E-state index in [0.717, 1.165) is 59.5 Å². The van der Waals surface area contributed by atoms with E-state index < -0.39 is 0 Å². The number of benzene rings is 1. The SMILES string of the molecule is Cc1c(C)c2c(c(C)c1OC(=O)c1cccnc1)CC[C@](C)(CCC[C@H](C)CCC[C@H](C)CCCC(C)C)O2. The second-order valence-electron chi connectivity index (χ2n) is 13.1. The number of ether oxygens (including phenoxy) is 2. The Balaban J connectivity index is 1.51. The molecule has 0 saturated heterocycles. The molecule has 4 nitrogen and oxygen atoms in total. The standard InChI is InChI=1S/C35H53NO3/c1-24(2)13-9-14-25(3)15-10-16-26(4)17-11-20-35(8)21-19-31-29(7)32(27(5)28(6)33(31)39-35)38-34(37)30-18-12-22-36-23-30/h12,18,22-26H,9-11,13-17,19-21H2,1-8H3/t25-,26-,35+/m1/s1. The summed E-state index contributed by atoms with van der Waals surface area (Å²) < 4.78 is 12.6. The average molecular weight is 536 g/mol. The van der Waals surface area contributed by atoms with E-state index in [9.17, 15) is 4.79 Å². The van der Waals surface area contributed by atoms with Gasteiger partial charge in [0.05, 0.1) is 5.56 Å². The summed E-state index contributed by atoms with van der Waals surface area (Å²) in [6, 6.07) is 3.48. The number of esters is 1. The Morgan fingerprint density at radius 1 is 0.949 bits per heavy atom. The Morgan fingerprint density at radius 2 is 1.59 bits per heavy atom. The minimum atomic E-state index is -0.370. The molecule has 0 N–H and O–H groups in total. The number of hydrogen-bond acceptors (Lipinski definition) is 4. The van der Waals surface area contributed by atoms with Crippen molar-refractivity contribution in [2.24, 2.45) is 17.8 Å². The van der Waals surface area contributed by atoms with Crippen LogP contribution in [0, 0.1) is 38.5 Å². The van der Waals surface area contributed by atoms with Crippen molar-refractivity contribution in [3.8, 4) is 11.5 Å². The lowest BCUT2D eigenvalue weighted by Crippen LogP contribution is -2.37. The molecule has 39 heavy (non-hydrogen) atoms. The quantitative estimate of drug-likeness (QED) is 0.178. The molecular formula is C35H53NO3. The molecule has 0 spiro atoms. The van der Waals surface area contributed by atoms with Crippen LogP contribution in [0.1, 0.15) is 131 Å². The number of fused-ring (bicyclic) bond motifs is 1. The molecule has 2 aromatic rings. The zero-order chi connectivity index (χ0) is 28.6. The van der Waals surface area contributed by atoms with Gasteiger partial charge in [0.15, 0.2) is 0 Å². The minimum absolute atomic E-state index is 0.144. The van der Waals surface area contributed by atoms with E-state index in [1.807, 2.05) is 6.92 Å². The summed E-state index contributed by atoms with van der Waals surface area (Å²) >= 11 is 0. The first-order chi connectivity index (χ1) is 18.5. The fourth-order valence-electron chi connectivity index (χ4n) is 6.05. The summed E-state index contributed by atoms with van der Waals surface area (Å²) in [5.41, 5.74) is 4.56. The zero-order valence-corrected chi connectivity index (χ0v) is 26.0. The van der Waals surface area contributed by atoms with E-state index >= 15 is 0 Å². The van der Waals surface area contributed by atoms with Crippen molar-refractivity contribution in [1.82, 2.24) is 4.98 Å². The molecule has 4 heteroatoms. The fraction of sp³-hybridized carbons (Fsp3) is 0.657. The Kier molecular flexibility index (Phi) is 11.4. The number of nitrogens with zero attached hydrogens (tertiary/aromatic N) is 1. The van der Waals surface area contributed by atoms with Crippen LogP contribution in [-0.2, 0) is 6.42 Å². The molecule has 0 saturated carbocycles. The summed E-state index contributed by atoms with van der Waals surface area (Å²) in [5.74, 6) is 3.76. The molecule has 216 valence electrons. The summed E-state index contributed by atoms with van der Waals surface area (Å²) in [4.78, 5) is 16.8. The summed E-state index contributed by atoms with van der Waals surface area (Å²) in [6.45, 7) is 18.0. The van der Waals surface area contributed by atoms with Crippen LogP contribution in [0.5, 0.6) is 11.5 Å². The van der Waals surface area contributed by atoms with Crippen LogP contribution in [0.25, 0.3) is 0 Å². The van der Waals surface area contributed by atoms with Gasteiger partial charge in [0.25, 0.3) is 0 Å². The van der Waals surface area contributed by atoms with Gasteiger partial charge >= 0.3 is 5.97 Å². The van der Waals surface area contributed by atoms with E-state index in [1.54, 1.807) is 24.5 Å². The molecule has 1 aromatic heterocycles. The molecule has 0 fully saturated rings. The highest BCUT2D eigenvalue weighted by Gasteiger charge is 2.35. The van der Waals surface area contributed by atoms with Crippen molar-refractivity contribution < 1.29 is 14.3 Å². The third-order valence-corrected chi connectivity index (χ3v) is 8.93. The van der Waals surface area contributed by atoms with E-state index in [1.165, 1.54) is 56.9 Å². The number of carbonyl (C=O) groups excluding carboxylic acids is 1. The predicted molar refractivity (Wildman–Crippen MR) is 162 cm³/mol. The molecule has 0 radical (unpaired) electrons. The van der Waals surface area contributed by atoms with E-state index in [2.05, 4.69) is 53.5 Å². The van der Waals surface area contributed by atoms with E-state index in [-0.39, 0.29) is 11.6 Å². The molecule has 3 atom stereocenters. The normalized spacial score (nSPS) is 18.4. The van der Waals surface area contributed by atoms with Crippen molar-refractivity contribution in [3.63, 3.8) is 0 Å². The molecule has 0 aliphatic carbocycles. The molecule has 1 aromatic carbocycles. The topological polar surface area (TPSA) is 48.4 Å². The molecule has 1 aliphatic heterocycles. The van der Waals surface area contributed by atoms with Gasteiger partial charge < -0.3 is 9.47 Å². The number of aromatic nitrogens is 1. The molecule has 1 aliphatic rings. The van der Waals surface area contributed by atoms with Gasteiger partial charge in [-0.3, -0.25) is 4.98 Å². The smallest absolute Gasteiger partial charge is 0.345 e. The summed E-state index contributed by atoms with van der Waals surface area (Å²) in [6.07, 6.45) is 16.9. The first kappa shape index (κ1) is 31.2. The fourth-order valence-corrected chi connectivity index (χ4v) is 6.05. The van der Waals surface area contributed by atoms with Crippen LogP contribution >= 0.6 is 0 Å². The Hall–Kier alpha value is -2.36. The van der Waals surface area contributed by atoms with Crippen LogP contribution in [0.3, 0.4) is 0 Å². The van der Waals surface area contributed by atoms with Crippen LogP contribution < -0.4 is 9.47 Å². The predicted octanol–water partition coefficient (Wildman–Crippen LogP) is 9.75. The van der Waals surface area contributed by atoms with Crippen LogP contribution in [0.15, 0.2) is 24.5 Å². The molecule has 2 heterocycles.